The smallest absolute Gasteiger partial charge is 0.313 e. The first kappa shape index (κ1) is 39.5. The van der Waals surface area contributed by atoms with E-state index in [2.05, 4.69) is 41.1 Å². The van der Waals surface area contributed by atoms with Crippen LogP contribution in [0.4, 0.5) is 48.7 Å². The predicted molar refractivity (Wildman–Crippen MR) is 182 cm³/mol. The Morgan fingerprint density at radius 2 is 1.30 bits per heavy atom. The van der Waals surface area contributed by atoms with Gasteiger partial charge >= 0.3 is 6.08 Å². The number of rotatable bonds is 12. The van der Waals surface area contributed by atoms with E-state index in [1.807, 2.05) is 0 Å². The molecule has 0 saturated heterocycles. The van der Waals surface area contributed by atoms with E-state index >= 15 is 0 Å². The molecule has 27 heteroatoms. The molecule has 0 aliphatic rings. The van der Waals surface area contributed by atoms with Gasteiger partial charge in [0.05, 0.1) is 16.3 Å². The van der Waals surface area contributed by atoms with Gasteiger partial charge in [-0.25, -0.2) is 0 Å². The summed E-state index contributed by atoms with van der Waals surface area (Å²) in [5.41, 5.74) is -2.64. The van der Waals surface area contributed by atoms with Crippen LogP contribution in [0.5, 0.6) is 5.75 Å². The molecule has 0 spiro atoms. The van der Waals surface area contributed by atoms with Crippen LogP contribution in [-0.4, -0.2) is 72.8 Å². The van der Waals surface area contributed by atoms with Crippen molar-refractivity contribution in [3.05, 3.63) is 78.8 Å². The number of phenols is 1. The summed E-state index contributed by atoms with van der Waals surface area (Å²) < 4.78 is 161. The first-order valence-electron chi connectivity index (χ1n) is 14.0. The summed E-state index contributed by atoms with van der Waals surface area (Å²) in [5, 5.41) is 30.4. The van der Waals surface area contributed by atoms with Crippen molar-refractivity contribution in [3.63, 3.8) is 0 Å². The highest BCUT2D eigenvalue weighted by atomic mass is 32.2. The Hall–Kier alpha value is -5.68. The monoisotopic (exact) mass is 830 g/mol. The van der Waals surface area contributed by atoms with E-state index in [4.69, 9.17) is 0 Å². The number of aromatic hydroxyl groups is 1. The zero-order valence-electron chi connectivity index (χ0n) is 26.1. The summed E-state index contributed by atoms with van der Waals surface area (Å²) in [6.07, 6.45) is -1.46. The predicted octanol–water partition coefficient (Wildman–Crippen LogP) is 5.19. The molecule has 0 aliphatic heterocycles. The number of hydrogen-bond donors (Lipinski definition) is 7. The Morgan fingerprint density at radius 3 is 1.89 bits per heavy atom. The number of nitrogens with zero attached hydrogens (tertiary/aromatic N) is 6. The van der Waals surface area contributed by atoms with Crippen LogP contribution in [0.15, 0.2) is 102 Å². The Morgan fingerprint density at radius 1 is 0.648 bits per heavy atom. The zero-order chi connectivity index (χ0) is 39.8. The molecule has 1 aromatic heterocycles. The third-order valence-corrected chi connectivity index (χ3v) is 9.91. The number of azo groups is 2. The summed E-state index contributed by atoms with van der Waals surface area (Å²) >= 11 is 0. The van der Waals surface area contributed by atoms with Gasteiger partial charge in [-0.05, 0) is 60.7 Å². The van der Waals surface area contributed by atoms with Gasteiger partial charge in [0.1, 0.15) is 38.5 Å². The minimum atomic E-state index is -5.39. The van der Waals surface area contributed by atoms with E-state index in [9.17, 15) is 65.8 Å². The number of benzene rings is 4. The first-order chi connectivity index (χ1) is 25.0. The van der Waals surface area contributed by atoms with Crippen molar-refractivity contribution in [3.8, 4) is 5.75 Å². The fraction of sp³-hybridized carbons (Fsp3) is 0.0370. The quantitative estimate of drug-likeness (QED) is 0.0368. The maximum Gasteiger partial charge on any atom is 0.313 e. The molecule has 0 atom stereocenters. The summed E-state index contributed by atoms with van der Waals surface area (Å²) in [4.78, 5) is 3.52. The Balaban J connectivity index is 1.69. The molecule has 5 rings (SSSR count). The van der Waals surface area contributed by atoms with Crippen LogP contribution in [0.25, 0.3) is 10.8 Å². The van der Waals surface area contributed by atoms with Crippen molar-refractivity contribution < 1.29 is 65.8 Å². The molecule has 54 heavy (non-hydrogen) atoms. The van der Waals surface area contributed by atoms with Gasteiger partial charge in [-0.15, -0.1) is 15.3 Å². The van der Waals surface area contributed by atoms with Crippen molar-refractivity contribution >= 4 is 91.2 Å². The third-order valence-electron chi connectivity index (χ3n) is 6.76. The van der Waals surface area contributed by atoms with Crippen molar-refractivity contribution in [2.24, 2.45) is 20.5 Å². The van der Waals surface area contributed by atoms with E-state index in [0.29, 0.717) is 12.1 Å². The van der Waals surface area contributed by atoms with E-state index in [-0.39, 0.29) is 27.8 Å². The number of nitrogens with one attached hydrogen (secondary N) is 2. The maximum absolute atomic E-state index is 13.6. The molecule has 4 aromatic carbocycles. The number of anilines is 3. The van der Waals surface area contributed by atoms with E-state index in [0.717, 1.165) is 54.6 Å². The van der Waals surface area contributed by atoms with Gasteiger partial charge in [0, 0.05) is 22.5 Å². The third kappa shape index (κ3) is 9.45. The zero-order valence-corrected chi connectivity index (χ0v) is 29.4. The molecule has 0 fully saturated rings. The number of hydrogen-bond acceptors (Lipinski definition) is 17. The van der Waals surface area contributed by atoms with Crippen LogP contribution < -0.4 is 10.6 Å². The van der Waals surface area contributed by atoms with Crippen LogP contribution in [-0.2, 0) is 40.5 Å². The SMILES string of the molecule is O=S(=O)(O)CNc1ccc2c(O)c(N=Nc3cc(Nc4cc(F)nc(F)n4)ccc3S(=O)(=O)O)c(S(=O)(=O)O)cc2c1N=Nc1ccc(S(=O)(=O)O)cc1. The molecular formula is C27H20F2N8O13S4. The van der Waals surface area contributed by atoms with Crippen LogP contribution in [0, 0.1) is 12.0 Å². The highest BCUT2D eigenvalue weighted by Gasteiger charge is 2.25. The van der Waals surface area contributed by atoms with Crippen molar-refractivity contribution in [1.29, 1.82) is 0 Å². The minimum Gasteiger partial charge on any atom is -0.505 e. The standard InChI is InChI=1S/C27H20F2N8O13S4/c28-22-11-23(33-27(29)32-22)31-14-3-8-20(53(45,46)47)19(9-14)35-37-25-21(54(48,49)50)10-17-16(26(25)38)6-7-18(30-12-51(39,40)41)24(17)36-34-13-1-4-15(5-2-13)52(42,43)44/h1-11,30,38H,12H2,(H,31,32,33)(H,39,40,41)(H,42,43,44)(H,45,46,47)(H,48,49,50). The largest absolute Gasteiger partial charge is 0.505 e. The molecule has 5 aromatic rings. The average Bonchev–Trinajstić information content (AvgIpc) is 3.04. The highest BCUT2D eigenvalue weighted by Crippen LogP contribution is 2.47. The van der Waals surface area contributed by atoms with Gasteiger partial charge in [0.2, 0.25) is 5.95 Å². The molecule has 0 bridgehead atoms. The highest BCUT2D eigenvalue weighted by molar-refractivity contribution is 7.86. The number of halogens is 2. The van der Waals surface area contributed by atoms with Crippen molar-refractivity contribution in [1.82, 2.24) is 9.97 Å². The van der Waals surface area contributed by atoms with Crippen LogP contribution in [0.2, 0.25) is 0 Å². The van der Waals surface area contributed by atoms with E-state index in [1.165, 1.54) is 0 Å². The number of phenolic OH excluding ortho intramolecular Hbond substituents is 1. The topological polar surface area (TPSA) is 337 Å². The van der Waals surface area contributed by atoms with Gasteiger partial charge < -0.3 is 15.7 Å². The van der Waals surface area contributed by atoms with E-state index in [1.54, 1.807) is 0 Å². The lowest BCUT2D eigenvalue weighted by Crippen LogP contribution is -2.13. The minimum absolute atomic E-state index is 0.0638. The number of fused-ring (bicyclic) bond motifs is 1. The Kier molecular flexibility index (Phi) is 10.7. The molecule has 1 heterocycles. The molecule has 0 radical (unpaired) electrons. The fourth-order valence-electron chi connectivity index (χ4n) is 4.51. The van der Waals surface area contributed by atoms with Crippen molar-refractivity contribution in [2.45, 2.75) is 14.7 Å². The summed E-state index contributed by atoms with van der Waals surface area (Å²) in [6.45, 7) is 0. The second-order valence-corrected chi connectivity index (χ2v) is 16.2. The lowest BCUT2D eigenvalue weighted by atomic mass is 10.1. The molecular weight excluding hydrogens is 811 g/mol. The Bertz CT molecular complexity index is 2820. The molecule has 7 N–H and O–H groups in total. The second kappa shape index (κ2) is 14.6. The van der Waals surface area contributed by atoms with Gasteiger partial charge in [-0.3, -0.25) is 18.2 Å². The molecule has 0 unspecified atom stereocenters. The summed E-state index contributed by atoms with van der Waals surface area (Å²) in [6, 6.07) is 10.3. The molecule has 0 amide bonds. The lowest BCUT2D eigenvalue weighted by molar-refractivity contribution is 0.472. The molecule has 21 nitrogen and oxygen atoms in total. The van der Waals surface area contributed by atoms with Gasteiger partial charge in [0.25, 0.3) is 40.5 Å². The normalized spacial score (nSPS) is 12.9. The fourth-order valence-corrected chi connectivity index (χ4v) is 6.58. The van der Waals surface area contributed by atoms with E-state index < -0.39 is 102 Å². The molecule has 284 valence electrons. The van der Waals surface area contributed by atoms with Crippen LogP contribution >= 0.6 is 0 Å². The molecule has 0 aliphatic carbocycles. The van der Waals surface area contributed by atoms with Crippen LogP contribution in [0.3, 0.4) is 0 Å². The summed E-state index contributed by atoms with van der Waals surface area (Å²) in [5.74, 6) is -3.88. The van der Waals surface area contributed by atoms with Gasteiger partial charge in [-0.2, -0.15) is 57.5 Å². The second-order valence-electron chi connectivity index (χ2n) is 10.5. The van der Waals surface area contributed by atoms with Crippen LogP contribution in [0.1, 0.15) is 0 Å². The Labute approximate surface area is 302 Å². The first-order valence-corrected chi connectivity index (χ1v) is 19.9. The van der Waals surface area contributed by atoms with Crippen molar-refractivity contribution in [2.75, 3.05) is 16.5 Å². The van der Waals surface area contributed by atoms with Gasteiger partial charge in [0.15, 0.2) is 5.75 Å². The summed E-state index contributed by atoms with van der Waals surface area (Å²) in [7, 11) is -19.7. The van der Waals surface area contributed by atoms with Gasteiger partial charge in [-0.1, -0.05) is 0 Å². The lowest BCUT2D eigenvalue weighted by Gasteiger charge is -2.14. The average molecular weight is 831 g/mol. The molecule has 0 saturated carbocycles. The number of aromatic nitrogens is 2. The maximum atomic E-state index is 13.6.